The summed E-state index contributed by atoms with van der Waals surface area (Å²) in [5.41, 5.74) is -0.146. The maximum absolute atomic E-state index is 11.5. The highest BCUT2D eigenvalue weighted by Crippen LogP contribution is 2.13. The van der Waals surface area contributed by atoms with Crippen LogP contribution in [0.15, 0.2) is 29.2 Å². The molecule has 0 bridgehead atoms. The molecule has 0 spiro atoms. The fourth-order valence-corrected chi connectivity index (χ4v) is 1.43. The van der Waals surface area contributed by atoms with Gasteiger partial charge in [-0.15, -0.1) is 0 Å². The summed E-state index contributed by atoms with van der Waals surface area (Å²) < 4.78 is 4.59. The van der Waals surface area contributed by atoms with Crippen LogP contribution in [-0.4, -0.2) is 23.3 Å². The van der Waals surface area contributed by atoms with Gasteiger partial charge in [0.1, 0.15) is 0 Å². The van der Waals surface area contributed by atoms with E-state index in [4.69, 9.17) is 0 Å². The molecule has 5 nitrogen and oxygen atoms in total. The Hall–Kier alpha value is -2.17. The molecule has 0 aliphatic carbocycles. The highest BCUT2D eigenvalue weighted by atomic mass is 16.5. The summed E-state index contributed by atoms with van der Waals surface area (Å²) in [5, 5.41) is 6.85. The third-order valence-corrected chi connectivity index (χ3v) is 2.10. The Balaban J connectivity index is 2.86. The number of H-pyrrole nitrogens is 1. The summed E-state index contributed by atoms with van der Waals surface area (Å²) in [7, 11) is 1.27. The number of fused-ring (bicyclic) bond motifs is 1. The molecule has 0 saturated carbocycles. The first-order chi connectivity index (χ1) is 7.24. The van der Waals surface area contributed by atoms with Gasteiger partial charge >= 0.3 is 5.97 Å². The second-order valence-corrected chi connectivity index (χ2v) is 2.96. The molecule has 0 amide bonds. The lowest BCUT2D eigenvalue weighted by Gasteiger charge is -2.02. The summed E-state index contributed by atoms with van der Waals surface area (Å²) >= 11 is 0. The molecule has 1 N–H and O–H groups in total. The molecule has 0 atom stereocenters. The molecule has 5 heteroatoms. The van der Waals surface area contributed by atoms with E-state index in [0.717, 1.165) is 0 Å². The van der Waals surface area contributed by atoms with Crippen LogP contribution >= 0.6 is 0 Å². The molecule has 0 aliphatic heterocycles. The van der Waals surface area contributed by atoms with E-state index >= 15 is 0 Å². The van der Waals surface area contributed by atoms with Crippen molar-refractivity contribution in [1.82, 2.24) is 10.2 Å². The first kappa shape index (κ1) is 9.39. The number of esters is 1. The topological polar surface area (TPSA) is 72.0 Å². The Morgan fingerprint density at radius 3 is 3.00 bits per heavy atom. The smallest absolute Gasteiger partial charge is 0.338 e. The Kier molecular flexibility index (Phi) is 2.21. The van der Waals surface area contributed by atoms with Crippen molar-refractivity contribution < 1.29 is 9.53 Å². The van der Waals surface area contributed by atoms with Gasteiger partial charge in [-0.1, -0.05) is 12.1 Å². The summed E-state index contributed by atoms with van der Waals surface area (Å²) in [6.07, 6.45) is 1.49. The van der Waals surface area contributed by atoms with E-state index in [-0.39, 0.29) is 5.56 Å². The fourth-order valence-electron chi connectivity index (χ4n) is 1.43. The molecule has 2 aromatic rings. The molecule has 0 saturated heterocycles. The number of methoxy groups -OCH3 is 1. The molecule has 15 heavy (non-hydrogen) atoms. The van der Waals surface area contributed by atoms with Gasteiger partial charge in [0, 0.05) is 5.39 Å². The molecule has 2 rings (SSSR count). The molecular weight excluding hydrogens is 196 g/mol. The predicted molar refractivity (Wildman–Crippen MR) is 53.7 cm³/mol. The standard InChI is InChI=1S/C10H8N2O3/c1-15-10(14)7-4-2-3-6-5-11-12-9(13)8(6)7/h2-5H,1H3,(H,12,13). The van der Waals surface area contributed by atoms with Crippen LogP contribution in [0.5, 0.6) is 0 Å². The number of nitrogens with zero attached hydrogens (tertiary/aromatic N) is 1. The van der Waals surface area contributed by atoms with Crippen molar-refractivity contribution in [2.75, 3.05) is 7.11 Å². The third-order valence-electron chi connectivity index (χ3n) is 2.10. The van der Waals surface area contributed by atoms with Gasteiger partial charge in [0.15, 0.2) is 0 Å². The first-order valence-electron chi connectivity index (χ1n) is 4.29. The van der Waals surface area contributed by atoms with Crippen LogP contribution in [0.3, 0.4) is 0 Å². The summed E-state index contributed by atoms with van der Waals surface area (Å²) in [5.74, 6) is -0.530. The maximum atomic E-state index is 11.5. The normalized spacial score (nSPS) is 10.2. The molecule has 76 valence electrons. The van der Waals surface area contributed by atoms with Crippen molar-refractivity contribution in [3.63, 3.8) is 0 Å². The molecule has 0 unspecified atom stereocenters. The highest BCUT2D eigenvalue weighted by molar-refractivity contribution is 6.03. The van der Waals surface area contributed by atoms with E-state index < -0.39 is 11.5 Å². The van der Waals surface area contributed by atoms with Gasteiger partial charge in [-0.25, -0.2) is 9.89 Å². The lowest BCUT2D eigenvalue weighted by Crippen LogP contribution is -2.13. The lowest BCUT2D eigenvalue weighted by atomic mass is 10.1. The van der Waals surface area contributed by atoms with E-state index in [9.17, 15) is 9.59 Å². The summed E-state index contributed by atoms with van der Waals surface area (Å²) in [6, 6.07) is 4.93. The maximum Gasteiger partial charge on any atom is 0.338 e. The number of hydrogen-bond donors (Lipinski definition) is 1. The Morgan fingerprint density at radius 2 is 2.27 bits per heavy atom. The van der Waals surface area contributed by atoms with E-state index in [1.165, 1.54) is 13.3 Å². The summed E-state index contributed by atoms with van der Waals surface area (Å²) in [4.78, 5) is 22.9. The minimum atomic E-state index is -0.530. The van der Waals surface area contributed by atoms with Gasteiger partial charge in [-0.2, -0.15) is 5.10 Å². The number of carbonyl (C=O) groups excluding carboxylic acids is 1. The van der Waals surface area contributed by atoms with Crippen LogP contribution in [0.25, 0.3) is 10.8 Å². The Labute approximate surface area is 84.7 Å². The zero-order chi connectivity index (χ0) is 10.8. The molecule has 1 aromatic carbocycles. The van der Waals surface area contributed by atoms with Crippen molar-refractivity contribution in [3.8, 4) is 0 Å². The van der Waals surface area contributed by atoms with Gasteiger partial charge in [0.05, 0.1) is 24.3 Å². The number of carbonyl (C=O) groups is 1. The number of hydrogen-bond acceptors (Lipinski definition) is 4. The van der Waals surface area contributed by atoms with Crippen LogP contribution in [0.4, 0.5) is 0 Å². The monoisotopic (exact) mass is 204 g/mol. The van der Waals surface area contributed by atoms with Crippen molar-refractivity contribution >= 4 is 16.7 Å². The van der Waals surface area contributed by atoms with Crippen LogP contribution in [0.1, 0.15) is 10.4 Å². The van der Waals surface area contributed by atoms with Crippen LogP contribution < -0.4 is 5.56 Å². The van der Waals surface area contributed by atoms with Gasteiger partial charge in [0.2, 0.25) is 0 Å². The predicted octanol–water partition coefficient (Wildman–Crippen LogP) is 0.710. The fraction of sp³-hybridized carbons (Fsp3) is 0.100. The lowest BCUT2D eigenvalue weighted by molar-refractivity contribution is 0.0603. The average Bonchev–Trinajstić information content (AvgIpc) is 2.28. The molecule has 1 heterocycles. The molecule has 0 aliphatic rings. The van der Waals surface area contributed by atoms with Crippen molar-refractivity contribution in [2.45, 2.75) is 0 Å². The van der Waals surface area contributed by atoms with Crippen molar-refractivity contribution in [2.24, 2.45) is 0 Å². The SMILES string of the molecule is COC(=O)c1cccc2cn[nH]c(=O)c12. The average molecular weight is 204 g/mol. The summed E-state index contributed by atoms with van der Waals surface area (Å²) in [6.45, 7) is 0. The molecule has 0 radical (unpaired) electrons. The number of ether oxygens (including phenoxy) is 1. The minimum Gasteiger partial charge on any atom is -0.465 e. The number of aromatic nitrogens is 2. The second kappa shape index (κ2) is 3.53. The van der Waals surface area contributed by atoms with Gasteiger partial charge in [0.25, 0.3) is 5.56 Å². The van der Waals surface area contributed by atoms with Gasteiger partial charge in [-0.05, 0) is 6.07 Å². The quantitative estimate of drug-likeness (QED) is 0.694. The van der Waals surface area contributed by atoms with Gasteiger partial charge in [-0.3, -0.25) is 4.79 Å². The van der Waals surface area contributed by atoms with E-state index in [1.54, 1.807) is 18.2 Å². The van der Waals surface area contributed by atoms with Crippen molar-refractivity contribution in [1.29, 1.82) is 0 Å². The number of rotatable bonds is 1. The zero-order valence-electron chi connectivity index (χ0n) is 7.98. The third kappa shape index (κ3) is 1.48. The first-order valence-corrected chi connectivity index (χ1v) is 4.29. The zero-order valence-corrected chi connectivity index (χ0v) is 7.98. The largest absolute Gasteiger partial charge is 0.465 e. The van der Waals surface area contributed by atoms with Crippen LogP contribution in [-0.2, 0) is 4.74 Å². The second-order valence-electron chi connectivity index (χ2n) is 2.96. The Bertz CT molecular complexity index is 569. The van der Waals surface area contributed by atoms with E-state index in [0.29, 0.717) is 10.8 Å². The number of aromatic amines is 1. The highest BCUT2D eigenvalue weighted by Gasteiger charge is 2.12. The molecular formula is C10H8N2O3. The minimum absolute atomic E-state index is 0.249. The van der Waals surface area contributed by atoms with Gasteiger partial charge < -0.3 is 4.74 Å². The number of nitrogens with one attached hydrogen (secondary N) is 1. The van der Waals surface area contributed by atoms with E-state index in [2.05, 4.69) is 14.9 Å². The van der Waals surface area contributed by atoms with E-state index in [1.807, 2.05) is 0 Å². The molecule has 1 aromatic heterocycles. The number of benzene rings is 1. The van der Waals surface area contributed by atoms with Crippen LogP contribution in [0, 0.1) is 0 Å². The Morgan fingerprint density at radius 1 is 1.47 bits per heavy atom. The van der Waals surface area contributed by atoms with Crippen molar-refractivity contribution in [3.05, 3.63) is 40.3 Å². The van der Waals surface area contributed by atoms with Crippen LogP contribution in [0.2, 0.25) is 0 Å². The molecule has 0 fully saturated rings.